The van der Waals surface area contributed by atoms with Gasteiger partial charge in [0.15, 0.2) is 0 Å². The largest absolute Gasteiger partial charge is 0.388 e. The van der Waals surface area contributed by atoms with Gasteiger partial charge in [0.25, 0.3) is 5.69 Å². The Bertz CT molecular complexity index is 396. The van der Waals surface area contributed by atoms with Crippen molar-refractivity contribution in [2.75, 3.05) is 38.8 Å². The summed E-state index contributed by atoms with van der Waals surface area (Å²) in [5, 5.41) is 13.7. The SMILES string of the molecule is CNc1cc(SCCN(C)C)cc([N+](=O)[O-])c1. The molecule has 1 N–H and O–H groups in total. The maximum atomic E-state index is 10.8. The monoisotopic (exact) mass is 255 g/mol. The number of rotatable bonds is 6. The van der Waals surface area contributed by atoms with Crippen molar-refractivity contribution in [3.05, 3.63) is 28.3 Å². The number of benzene rings is 1. The first-order chi connectivity index (χ1) is 8.02. The van der Waals surface area contributed by atoms with E-state index in [2.05, 4.69) is 10.2 Å². The molecule has 1 aromatic carbocycles. The summed E-state index contributed by atoms with van der Waals surface area (Å²) in [6, 6.07) is 5.07. The second-order valence-electron chi connectivity index (χ2n) is 3.87. The third kappa shape index (κ3) is 4.62. The van der Waals surface area contributed by atoms with Crippen molar-refractivity contribution in [2.45, 2.75) is 4.90 Å². The van der Waals surface area contributed by atoms with Crippen LogP contribution in [0.5, 0.6) is 0 Å². The molecule has 1 aromatic rings. The minimum Gasteiger partial charge on any atom is -0.388 e. The van der Waals surface area contributed by atoms with Gasteiger partial charge in [0, 0.05) is 42.1 Å². The van der Waals surface area contributed by atoms with Gasteiger partial charge in [-0.05, 0) is 20.2 Å². The van der Waals surface area contributed by atoms with Gasteiger partial charge in [-0.25, -0.2) is 0 Å². The van der Waals surface area contributed by atoms with Crippen molar-refractivity contribution < 1.29 is 4.92 Å². The molecule has 0 unspecified atom stereocenters. The maximum absolute atomic E-state index is 10.8. The summed E-state index contributed by atoms with van der Waals surface area (Å²) in [6.07, 6.45) is 0. The Hall–Kier alpha value is -1.27. The first-order valence-corrected chi connectivity index (χ1v) is 6.26. The third-order valence-electron chi connectivity index (χ3n) is 2.20. The van der Waals surface area contributed by atoms with Gasteiger partial charge < -0.3 is 10.2 Å². The van der Waals surface area contributed by atoms with Crippen molar-refractivity contribution >= 4 is 23.1 Å². The number of anilines is 1. The molecule has 6 heteroatoms. The Morgan fingerprint density at radius 2 is 2.12 bits per heavy atom. The van der Waals surface area contributed by atoms with Crippen LogP contribution < -0.4 is 5.32 Å². The Kier molecular flexibility index (Phi) is 5.24. The molecule has 17 heavy (non-hydrogen) atoms. The van der Waals surface area contributed by atoms with Crippen LogP contribution in [0.4, 0.5) is 11.4 Å². The zero-order chi connectivity index (χ0) is 12.8. The molecular weight excluding hydrogens is 238 g/mol. The van der Waals surface area contributed by atoms with Crippen LogP contribution in [0.2, 0.25) is 0 Å². The Morgan fingerprint density at radius 1 is 1.41 bits per heavy atom. The summed E-state index contributed by atoms with van der Waals surface area (Å²) in [4.78, 5) is 13.4. The van der Waals surface area contributed by atoms with Crippen LogP contribution >= 0.6 is 11.8 Å². The molecule has 0 aliphatic carbocycles. The van der Waals surface area contributed by atoms with E-state index in [4.69, 9.17) is 0 Å². The third-order valence-corrected chi connectivity index (χ3v) is 3.15. The maximum Gasteiger partial charge on any atom is 0.272 e. The molecule has 0 heterocycles. The molecule has 5 nitrogen and oxygen atoms in total. The molecule has 0 aliphatic heterocycles. The van der Waals surface area contributed by atoms with Crippen molar-refractivity contribution in [1.82, 2.24) is 4.90 Å². The number of nitro groups is 1. The molecule has 0 aromatic heterocycles. The zero-order valence-electron chi connectivity index (χ0n) is 10.3. The van der Waals surface area contributed by atoms with Crippen LogP contribution in [0.1, 0.15) is 0 Å². The number of nitrogens with one attached hydrogen (secondary N) is 1. The highest BCUT2D eigenvalue weighted by Gasteiger charge is 2.09. The van der Waals surface area contributed by atoms with Crippen molar-refractivity contribution in [1.29, 1.82) is 0 Å². The lowest BCUT2D eigenvalue weighted by Crippen LogP contribution is -2.14. The van der Waals surface area contributed by atoms with E-state index in [1.54, 1.807) is 24.9 Å². The second-order valence-corrected chi connectivity index (χ2v) is 5.04. The number of hydrogen-bond acceptors (Lipinski definition) is 5. The van der Waals surface area contributed by atoms with Crippen LogP contribution in [0.15, 0.2) is 23.1 Å². The lowest BCUT2D eigenvalue weighted by atomic mass is 10.3. The molecular formula is C11H17N3O2S. The van der Waals surface area contributed by atoms with Gasteiger partial charge in [-0.15, -0.1) is 11.8 Å². The van der Waals surface area contributed by atoms with E-state index in [1.165, 1.54) is 6.07 Å². The summed E-state index contributed by atoms with van der Waals surface area (Å²) in [6.45, 7) is 0.947. The van der Waals surface area contributed by atoms with Crippen molar-refractivity contribution in [3.8, 4) is 0 Å². The van der Waals surface area contributed by atoms with Gasteiger partial charge >= 0.3 is 0 Å². The van der Waals surface area contributed by atoms with Crippen LogP contribution in [-0.4, -0.2) is 43.3 Å². The molecule has 94 valence electrons. The van der Waals surface area contributed by atoms with Crippen LogP contribution in [0.3, 0.4) is 0 Å². The van der Waals surface area contributed by atoms with E-state index >= 15 is 0 Å². The molecule has 0 atom stereocenters. The summed E-state index contributed by atoms with van der Waals surface area (Å²) in [5.74, 6) is 0.914. The summed E-state index contributed by atoms with van der Waals surface area (Å²) in [5.41, 5.74) is 0.899. The number of hydrogen-bond donors (Lipinski definition) is 1. The minimum atomic E-state index is -0.364. The average molecular weight is 255 g/mol. The standard InChI is InChI=1S/C11H17N3O2S/c1-12-9-6-10(14(15)16)8-11(7-9)17-5-4-13(2)3/h6-8,12H,4-5H2,1-3H3. The Morgan fingerprint density at radius 3 is 2.65 bits per heavy atom. The molecule has 0 radical (unpaired) electrons. The molecule has 0 aliphatic rings. The van der Waals surface area contributed by atoms with E-state index < -0.39 is 0 Å². The van der Waals surface area contributed by atoms with Gasteiger partial charge in [0.05, 0.1) is 4.92 Å². The molecule has 0 saturated heterocycles. The molecule has 0 fully saturated rings. The molecule has 0 saturated carbocycles. The van der Waals surface area contributed by atoms with Crippen LogP contribution in [-0.2, 0) is 0 Å². The Labute approximate surface area is 105 Å². The fourth-order valence-electron chi connectivity index (χ4n) is 1.26. The summed E-state index contributed by atoms with van der Waals surface area (Å²) in [7, 11) is 5.77. The summed E-state index contributed by atoms with van der Waals surface area (Å²) >= 11 is 1.62. The fourth-order valence-corrected chi connectivity index (χ4v) is 2.37. The van der Waals surface area contributed by atoms with Crippen LogP contribution in [0.25, 0.3) is 0 Å². The highest BCUT2D eigenvalue weighted by Crippen LogP contribution is 2.27. The zero-order valence-corrected chi connectivity index (χ0v) is 11.1. The molecule has 0 bridgehead atoms. The number of nitro benzene ring substituents is 1. The van der Waals surface area contributed by atoms with Gasteiger partial charge in [-0.1, -0.05) is 0 Å². The lowest BCUT2D eigenvalue weighted by molar-refractivity contribution is -0.385. The van der Waals surface area contributed by atoms with Gasteiger partial charge in [-0.3, -0.25) is 10.1 Å². The van der Waals surface area contributed by atoms with E-state index in [0.717, 1.165) is 22.9 Å². The average Bonchev–Trinajstić information content (AvgIpc) is 2.28. The minimum absolute atomic E-state index is 0.129. The number of nitrogens with zero attached hydrogens (tertiary/aromatic N) is 2. The van der Waals surface area contributed by atoms with Gasteiger partial charge in [-0.2, -0.15) is 0 Å². The highest BCUT2D eigenvalue weighted by atomic mass is 32.2. The van der Waals surface area contributed by atoms with Gasteiger partial charge in [0.1, 0.15) is 0 Å². The van der Waals surface area contributed by atoms with E-state index in [-0.39, 0.29) is 10.6 Å². The molecule has 1 rings (SSSR count). The normalized spacial score (nSPS) is 10.6. The van der Waals surface area contributed by atoms with Crippen molar-refractivity contribution in [2.24, 2.45) is 0 Å². The molecule has 0 amide bonds. The fraction of sp³-hybridized carbons (Fsp3) is 0.455. The van der Waals surface area contributed by atoms with Gasteiger partial charge in [0.2, 0.25) is 0 Å². The topological polar surface area (TPSA) is 58.4 Å². The molecule has 0 spiro atoms. The predicted molar refractivity (Wildman–Crippen MR) is 71.9 cm³/mol. The van der Waals surface area contributed by atoms with Crippen molar-refractivity contribution in [3.63, 3.8) is 0 Å². The van der Waals surface area contributed by atoms with Crippen LogP contribution in [0, 0.1) is 10.1 Å². The summed E-state index contributed by atoms with van der Waals surface area (Å²) < 4.78 is 0. The lowest BCUT2D eigenvalue weighted by Gasteiger charge is -2.09. The first kappa shape index (κ1) is 13.8. The number of non-ortho nitro benzene ring substituents is 1. The van der Waals surface area contributed by atoms with E-state index in [9.17, 15) is 10.1 Å². The quantitative estimate of drug-likeness (QED) is 0.480. The highest BCUT2D eigenvalue weighted by molar-refractivity contribution is 7.99. The smallest absolute Gasteiger partial charge is 0.272 e. The van der Waals surface area contributed by atoms with E-state index in [1.807, 2.05) is 20.2 Å². The van der Waals surface area contributed by atoms with E-state index in [0.29, 0.717) is 0 Å². The first-order valence-electron chi connectivity index (χ1n) is 5.27. The predicted octanol–water partition coefficient (Wildman–Crippen LogP) is 2.29. The number of thioether (sulfide) groups is 1. The Balaban J connectivity index is 2.76. The second kappa shape index (κ2) is 6.46.